The van der Waals surface area contributed by atoms with Gasteiger partial charge < -0.3 is 10.1 Å². The van der Waals surface area contributed by atoms with Crippen molar-refractivity contribution in [3.63, 3.8) is 0 Å². The molecule has 0 atom stereocenters. The Balaban J connectivity index is 1.61. The third-order valence-corrected chi connectivity index (χ3v) is 5.47. The molecule has 3 nitrogen and oxygen atoms in total. The highest BCUT2D eigenvalue weighted by Crippen LogP contribution is 2.36. The van der Waals surface area contributed by atoms with Crippen LogP contribution in [0.2, 0.25) is 5.02 Å². The Bertz CT molecular complexity index is 1110. The summed E-state index contributed by atoms with van der Waals surface area (Å²) in [5, 5.41) is 6.55. The second-order valence-corrected chi connectivity index (χ2v) is 7.79. The number of ether oxygens (including phenoxy) is 1. The first-order valence-corrected chi connectivity index (χ1v) is 10.3. The number of nitrogens with zero attached hydrogens (tertiary/aromatic N) is 1. The van der Waals surface area contributed by atoms with Gasteiger partial charge in [0.25, 0.3) is 0 Å². The summed E-state index contributed by atoms with van der Waals surface area (Å²) >= 11 is 7.64. The van der Waals surface area contributed by atoms with Crippen molar-refractivity contribution in [1.29, 1.82) is 0 Å². The van der Waals surface area contributed by atoms with Crippen LogP contribution in [0.25, 0.3) is 11.1 Å². The van der Waals surface area contributed by atoms with Crippen molar-refractivity contribution in [1.82, 2.24) is 4.98 Å². The van der Waals surface area contributed by atoms with Gasteiger partial charge in [-0.05, 0) is 47.0 Å². The average molecular weight is 425 g/mol. The lowest BCUT2D eigenvalue weighted by Gasteiger charge is -2.14. The fourth-order valence-corrected chi connectivity index (χ4v) is 3.89. The lowest BCUT2D eigenvalue weighted by molar-refractivity contribution is 0.413. The van der Waals surface area contributed by atoms with Gasteiger partial charge in [0, 0.05) is 28.7 Å². The van der Waals surface area contributed by atoms with Gasteiger partial charge in [-0.2, -0.15) is 0 Å². The van der Waals surface area contributed by atoms with Crippen LogP contribution in [0.4, 0.5) is 15.2 Å². The van der Waals surface area contributed by atoms with Gasteiger partial charge in [0.2, 0.25) is 0 Å². The van der Waals surface area contributed by atoms with E-state index in [4.69, 9.17) is 16.3 Å². The number of benzene rings is 3. The Labute approximate surface area is 177 Å². The van der Waals surface area contributed by atoms with Crippen LogP contribution in [-0.2, 0) is 6.42 Å². The van der Waals surface area contributed by atoms with Crippen LogP contribution in [-0.4, -0.2) is 12.1 Å². The maximum Gasteiger partial charge on any atom is 0.187 e. The molecule has 1 heterocycles. The molecule has 0 aliphatic carbocycles. The summed E-state index contributed by atoms with van der Waals surface area (Å²) in [6.07, 6.45) is 2.23. The summed E-state index contributed by atoms with van der Waals surface area (Å²) < 4.78 is 20.8. The molecule has 0 bridgehead atoms. The molecule has 146 valence electrons. The normalized spacial score (nSPS) is 10.7. The van der Waals surface area contributed by atoms with Gasteiger partial charge in [0.1, 0.15) is 11.6 Å². The minimum Gasteiger partial charge on any atom is -0.496 e. The van der Waals surface area contributed by atoms with Crippen LogP contribution in [0.15, 0.2) is 72.2 Å². The lowest BCUT2D eigenvalue weighted by Crippen LogP contribution is -1.99. The number of aromatic nitrogens is 1. The van der Waals surface area contributed by atoms with Gasteiger partial charge in [0.15, 0.2) is 5.13 Å². The number of anilines is 2. The average Bonchev–Trinajstić information content (AvgIpc) is 3.24. The Morgan fingerprint density at radius 3 is 2.62 bits per heavy atom. The van der Waals surface area contributed by atoms with Crippen molar-refractivity contribution in [2.45, 2.75) is 6.42 Å². The first-order chi connectivity index (χ1) is 14.1. The van der Waals surface area contributed by atoms with E-state index in [2.05, 4.69) is 10.3 Å². The summed E-state index contributed by atoms with van der Waals surface area (Å²) in [5.41, 5.74) is 3.67. The van der Waals surface area contributed by atoms with E-state index in [1.165, 1.54) is 18.4 Å². The number of hydrogen-bond donors (Lipinski definition) is 1. The molecule has 3 aromatic carbocycles. The molecule has 0 aliphatic heterocycles. The highest BCUT2D eigenvalue weighted by Gasteiger charge is 2.16. The Kier molecular flexibility index (Phi) is 5.79. The zero-order chi connectivity index (χ0) is 20.2. The SMILES string of the molecule is COc1ccc(Cc2ccc(Nc3nccs3)cc2)c(F)c1-c1cccc(Cl)c1. The van der Waals surface area contributed by atoms with E-state index in [0.717, 1.165) is 16.4 Å². The van der Waals surface area contributed by atoms with E-state index < -0.39 is 0 Å². The molecule has 4 aromatic rings. The van der Waals surface area contributed by atoms with Gasteiger partial charge in [-0.1, -0.05) is 41.9 Å². The minimum atomic E-state index is -0.295. The molecule has 29 heavy (non-hydrogen) atoms. The molecule has 0 saturated carbocycles. The maximum absolute atomic E-state index is 15.4. The molecule has 0 fully saturated rings. The van der Waals surface area contributed by atoms with E-state index in [9.17, 15) is 0 Å². The topological polar surface area (TPSA) is 34.1 Å². The van der Waals surface area contributed by atoms with Gasteiger partial charge in [-0.25, -0.2) is 9.37 Å². The molecule has 1 aromatic heterocycles. The van der Waals surface area contributed by atoms with Crippen LogP contribution >= 0.6 is 22.9 Å². The molecule has 0 unspecified atom stereocenters. The number of hydrogen-bond acceptors (Lipinski definition) is 4. The number of rotatable bonds is 6. The zero-order valence-electron chi connectivity index (χ0n) is 15.7. The number of nitrogens with one attached hydrogen (secondary N) is 1. The van der Waals surface area contributed by atoms with E-state index in [-0.39, 0.29) is 5.82 Å². The van der Waals surface area contributed by atoms with Crippen LogP contribution in [0, 0.1) is 5.82 Å². The van der Waals surface area contributed by atoms with E-state index in [0.29, 0.717) is 33.9 Å². The van der Waals surface area contributed by atoms with Gasteiger partial charge >= 0.3 is 0 Å². The van der Waals surface area contributed by atoms with Crippen molar-refractivity contribution < 1.29 is 9.13 Å². The van der Waals surface area contributed by atoms with Crippen molar-refractivity contribution in [3.05, 3.63) is 94.2 Å². The predicted octanol–water partition coefficient (Wildman–Crippen LogP) is 6.95. The Morgan fingerprint density at radius 2 is 1.93 bits per heavy atom. The molecular weight excluding hydrogens is 407 g/mol. The van der Waals surface area contributed by atoms with Crippen molar-refractivity contribution in [3.8, 4) is 16.9 Å². The molecule has 1 N–H and O–H groups in total. The summed E-state index contributed by atoms with van der Waals surface area (Å²) in [7, 11) is 1.54. The van der Waals surface area contributed by atoms with Crippen LogP contribution in [0.1, 0.15) is 11.1 Å². The van der Waals surface area contributed by atoms with Crippen molar-refractivity contribution >= 4 is 33.8 Å². The van der Waals surface area contributed by atoms with Crippen molar-refractivity contribution in [2.24, 2.45) is 0 Å². The number of halogens is 2. The summed E-state index contributed by atoms with van der Waals surface area (Å²) in [4.78, 5) is 4.21. The highest BCUT2D eigenvalue weighted by molar-refractivity contribution is 7.13. The van der Waals surface area contributed by atoms with E-state index in [1.54, 1.807) is 36.5 Å². The molecule has 0 saturated heterocycles. The van der Waals surface area contributed by atoms with Crippen LogP contribution in [0.5, 0.6) is 5.75 Å². The second kappa shape index (κ2) is 8.64. The molecule has 0 spiro atoms. The third-order valence-electron chi connectivity index (χ3n) is 4.55. The third kappa shape index (κ3) is 4.42. The Hall–Kier alpha value is -2.89. The Morgan fingerprint density at radius 1 is 1.10 bits per heavy atom. The highest BCUT2D eigenvalue weighted by atomic mass is 35.5. The standard InChI is InChI=1S/C23H18ClFN2OS/c1-28-20-10-7-17(22(25)21(20)16-3-2-4-18(24)14-16)13-15-5-8-19(9-6-15)27-23-26-11-12-29-23/h2-12,14H,13H2,1H3,(H,26,27). The largest absolute Gasteiger partial charge is 0.496 e. The van der Waals surface area contributed by atoms with Gasteiger partial charge in [-0.15, -0.1) is 11.3 Å². The fourth-order valence-electron chi connectivity index (χ4n) is 3.16. The molecule has 0 radical (unpaired) electrons. The van der Waals surface area contributed by atoms with Gasteiger partial charge in [0.05, 0.1) is 12.7 Å². The first kappa shape index (κ1) is 19.4. The first-order valence-electron chi connectivity index (χ1n) is 9.01. The molecular formula is C23H18ClFN2OS. The molecule has 6 heteroatoms. The molecule has 4 rings (SSSR count). The van der Waals surface area contributed by atoms with E-state index >= 15 is 4.39 Å². The van der Waals surface area contributed by atoms with Crippen LogP contribution in [0.3, 0.4) is 0 Å². The quantitative estimate of drug-likeness (QED) is 0.363. The van der Waals surface area contributed by atoms with Crippen molar-refractivity contribution in [2.75, 3.05) is 12.4 Å². The lowest BCUT2D eigenvalue weighted by atomic mass is 9.97. The summed E-state index contributed by atoms with van der Waals surface area (Å²) in [5.74, 6) is 0.188. The fraction of sp³-hybridized carbons (Fsp3) is 0.0870. The number of methoxy groups -OCH3 is 1. The van der Waals surface area contributed by atoms with Gasteiger partial charge in [-0.3, -0.25) is 0 Å². The minimum absolute atomic E-state index is 0.295. The summed E-state index contributed by atoms with van der Waals surface area (Å²) in [6.45, 7) is 0. The smallest absolute Gasteiger partial charge is 0.187 e. The maximum atomic E-state index is 15.4. The zero-order valence-corrected chi connectivity index (χ0v) is 17.2. The second-order valence-electron chi connectivity index (χ2n) is 6.46. The van der Waals surface area contributed by atoms with E-state index in [1.807, 2.05) is 35.7 Å². The molecule has 0 amide bonds. The van der Waals surface area contributed by atoms with Crippen LogP contribution < -0.4 is 10.1 Å². The molecule has 0 aliphatic rings. The monoisotopic (exact) mass is 424 g/mol. The number of thiazole rings is 1. The summed E-state index contributed by atoms with van der Waals surface area (Å²) in [6, 6.07) is 18.6. The predicted molar refractivity (Wildman–Crippen MR) is 118 cm³/mol.